The second-order valence-electron chi connectivity index (χ2n) is 8.71. The number of fused-ring (bicyclic) bond motifs is 5. The van der Waals surface area contributed by atoms with Crippen molar-refractivity contribution in [2.75, 3.05) is 0 Å². The molecule has 110 valence electrons. The Balaban J connectivity index is 1.75. The molecule has 0 aliphatic heterocycles. The monoisotopic (exact) mass is 270 g/mol. The van der Waals surface area contributed by atoms with Crippen molar-refractivity contribution in [1.29, 1.82) is 0 Å². The molecule has 0 aromatic heterocycles. The predicted molar refractivity (Wildman–Crippen MR) is 85.4 cm³/mol. The van der Waals surface area contributed by atoms with Crippen molar-refractivity contribution in [2.24, 2.45) is 34.5 Å². The Morgan fingerprint density at radius 3 is 2.80 bits per heavy atom. The molecule has 0 aromatic carbocycles. The van der Waals surface area contributed by atoms with Gasteiger partial charge in [0.2, 0.25) is 0 Å². The highest BCUT2D eigenvalue weighted by Crippen LogP contribution is 2.65. The fourth-order valence-corrected chi connectivity index (χ4v) is 6.68. The van der Waals surface area contributed by atoms with Gasteiger partial charge < -0.3 is 0 Å². The summed E-state index contributed by atoms with van der Waals surface area (Å²) < 4.78 is 0. The molecular formula is C20H30. The van der Waals surface area contributed by atoms with Crippen LogP contribution in [0.4, 0.5) is 0 Å². The first-order valence-corrected chi connectivity index (χ1v) is 8.92. The van der Waals surface area contributed by atoms with E-state index in [4.69, 9.17) is 0 Å². The van der Waals surface area contributed by atoms with E-state index in [1.165, 1.54) is 44.9 Å². The molecule has 0 bridgehead atoms. The molecule has 0 saturated heterocycles. The molecule has 3 saturated carbocycles. The SMILES string of the molecule is C[C@@H]1CC2=CCC=C[C@]2(C)[C@H]2CC[C@]3(C)CCC[C@H]3[C@H]12. The molecule has 20 heavy (non-hydrogen) atoms. The zero-order valence-corrected chi connectivity index (χ0v) is 13.5. The summed E-state index contributed by atoms with van der Waals surface area (Å²) in [6.45, 7) is 7.72. The Morgan fingerprint density at radius 2 is 1.95 bits per heavy atom. The van der Waals surface area contributed by atoms with E-state index in [-0.39, 0.29) is 0 Å². The first kappa shape index (κ1) is 13.2. The highest BCUT2D eigenvalue weighted by Gasteiger charge is 2.57. The summed E-state index contributed by atoms with van der Waals surface area (Å²) in [5.41, 5.74) is 2.86. The highest BCUT2D eigenvalue weighted by molar-refractivity contribution is 5.32. The van der Waals surface area contributed by atoms with Crippen LogP contribution in [-0.4, -0.2) is 0 Å². The van der Waals surface area contributed by atoms with E-state index in [0.29, 0.717) is 10.8 Å². The van der Waals surface area contributed by atoms with Crippen molar-refractivity contribution in [1.82, 2.24) is 0 Å². The Kier molecular flexibility index (Phi) is 2.79. The van der Waals surface area contributed by atoms with Gasteiger partial charge in [0.05, 0.1) is 0 Å². The Morgan fingerprint density at radius 1 is 1.10 bits per heavy atom. The number of allylic oxidation sites excluding steroid dienone is 4. The fraction of sp³-hybridized carbons (Fsp3) is 0.800. The highest BCUT2D eigenvalue weighted by atomic mass is 14.6. The lowest BCUT2D eigenvalue weighted by atomic mass is 9.46. The molecule has 4 aliphatic carbocycles. The molecule has 4 rings (SSSR count). The summed E-state index contributed by atoms with van der Waals surface area (Å²) in [5, 5.41) is 0. The van der Waals surface area contributed by atoms with Crippen LogP contribution in [0, 0.1) is 34.5 Å². The average molecular weight is 270 g/mol. The van der Waals surface area contributed by atoms with Crippen molar-refractivity contribution < 1.29 is 0 Å². The van der Waals surface area contributed by atoms with Gasteiger partial charge in [-0.25, -0.2) is 0 Å². The van der Waals surface area contributed by atoms with E-state index in [2.05, 4.69) is 39.0 Å². The summed E-state index contributed by atoms with van der Waals surface area (Å²) in [7, 11) is 0. The second kappa shape index (κ2) is 4.24. The smallest absolute Gasteiger partial charge is 0.00938 e. The molecule has 0 N–H and O–H groups in total. The van der Waals surface area contributed by atoms with Gasteiger partial charge in [-0.05, 0) is 67.6 Å². The molecule has 4 aliphatic rings. The van der Waals surface area contributed by atoms with Gasteiger partial charge in [-0.15, -0.1) is 0 Å². The van der Waals surface area contributed by atoms with Crippen LogP contribution < -0.4 is 0 Å². The van der Waals surface area contributed by atoms with Crippen LogP contribution in [0.3, 0.4) is 0 Å². The normalized spacial score (nSPS) is 53.9. The van der Waals surface area contributed by atoms with Crippen molar-refractivity contribution in [3.05, 3.63) is 23.8 Å². The van der Waals surface area contributed by atoms with Gasteiger partial charge >= 0.3 is 0 Å². The Bertz CT molecular complexity index is 470. The van der Waals surface area contributed by atoms with E-state index in [0.717, 1.165) is 23.7 Å². The molecule has 0 spiro atoms. The predicted octanol–water partition coefficient (Wildman–Crippen LogP) is 5.75. The topological polar surface area (TPSA) is 0 Å². The minimum absolute atomic E-state index is 0.402. The van der Waals surface area contributed by atoms with Crippen LogP contribution in [0.1, 0.15) is 65.7 Å². The Labute approximate surface area is 124 Å². The van der Waals surface area contributed by atoms with Crippen molar-refractivity contribution >= 4 is 0 Å². The summed E-state index contributed by atoms with van der Waals surface area (Å²) in [5.74, 6) is 3.84. The van der Waals surface area contributed by atoms with Crippen LogP contribution >= 0.6 is 0 Å². The molecule has 0 heteroatoms. The summed E-state index contributed by atoms with van der Waals surface area (Å²) in [6, 6.07) is 0. The Hall–Kier alpha value is -0.520. The second-order valence-corrected chi connectivity index (χ2v) is 8.71. The third-order valence-electron chi connectivity index (χ3n) is 7.74. The zero-order chi connectivity index (χ0) is 14.0. The maximum Gasteiger partial charge on any atom is 0.00938 e. The minimum atomic E-state index is 0.402. The largest absolute Gasteiger partial charge is 0.0839 e. The summed E-state index contributed by atoms with van der Waals surface area (Å²) in [6.07, 6.45) is 17.6. The lowest BCUT2D eigenvalue weighted by molar-refractivity contribution is -0.0429. The van der Waals surface area contributed by atoms with Crippen LogP contribution in [0.25, 0.3) is 0 Å². The zero-order valence-electron chi connectivity index (χ0n) is 13.5. The third-order valence-corrected chi connectivity index (χ3v) is 7.74. The molecule has 3 fully saturated rings. The standard InChI is InChI=1S/C20H30/c1-14-13-15-7-4-5-11-20(15,3)17-9-12-19(2)10-6-8-16(19)18(14)17/h5,7,11,14,16-18H,4,6,8-10,12-13H2,1-3H3/t14-,16+,17+,18+,19+,20+/m1/s1. The van der Waals surface area contributed by atoms with Crippen molar-refractivity contribution in [2.45, 2.75) is 65.7 Å². The number of hydrogen-bond donors (Lipinski definition) is 0. The summed E-state index contributed by atoms with van der Waals surface area (Å²) >= 11 is 0. The first-order chi connectivity index (χ1) is 9.55. The van der Waals surface area contributed by atoms with Crippen LogP contribution in [-0.2, 0) is 0 Å². The van der Waals surface area contributed by atoms with E-state index < -0.39 is 0 Å². The molecule has 0 aromatic rings. The average Bonchev–Trinajstić information content (AvgIpc) is 2.81. The van der Waals surface area contributed by atoms with Crippen molar-refractivity contribution in [3.63, 3.8) is 0 Å². The van der Waals surface area contributed by atoms with E-state index in [1.807, 2.05) is 0 Å². The van der Waals surface area contributed by atoms with Gasteiger partial charge in [-0.3, -0.25) is 0 Å². The number of hydrogen-bond acceptors (Lipinski definition) is 0. The molecule has 0 amide bonds. The fourth-order valence-electron chi connectivity index (χ4n) is 6.68. The van der Waals surface area contributed by atoms with Gasteiger partial charge in [0.15, 0.2) is 0 Å². The molecule has 6 atom stereocenters. The van der Waals surface area contributed by atoms with Crippen LogP contribution in [0.5, 0.6) is 0 Å². The molecule has 0 radical (unpaired) electrons. The van der Waals surface area contributed by atoms with Gasteiger partial charge in [0, 0.05) is 5.41 Å². The van der Waals surface area contributed by atoms with Gasteiger partial charge in [-0.1, -0.05) is 51.0 Å². The first-order valence-electron chi connectivity index (χ1n) is 8.92. The van der Waals surface area contributed by atoms with Crippen LogP contribution in [0.15, 0.2) is 23.8 Å². The van der Waals surface area contributed by atoms with Gasteiger partial charge in [0.25, 0.3) is 0 Å². The quantitative estimate of drug-likeness (QED) is 0.491. The van der Waals surface area contributed by atoms with E-state index in [1.54, 1.807) is 5.57 Å². The van der Waals surface area contributed by atoms with Crippen molar-refractivity contribution in [3.8, 4) is 0 Å². The molecular weight excluding hydrogens is 240 g/mol. The molecule has 0 heterocycles. The maximum atomic E-state index is 2.61. The van der Waals surface area contributed by atoms with E-state index >= 15 is 0 Å². The van der Waals surface area contributed by atoms with E-state index in [9.17, 15) is 0 Å². The minimum Gasteiger partial charge on any atom is -0.0839 e. The maximum absolute atomic E-state index is 2.61. The lowest BCUT2D eigenvalue weighted by Gasteiger charge is -2.58. The molecule has 0 unspecified atom stereocenters. The number of rotatable bonds is 0. The lowest BCUT2D eigenvalue weighted by Crippen LogP contribution is -2.51. The van der Waals surface area contributed by atoms with Gasteiger partial charge in [0.1, 0.15) is 0 Å². The van der Waals surface area contributed by atoms with Gasteiger partial charge in [-0.2, -0.15) is 0 Å². The third kappa shape index (κ3) is 1.60. The van der Waals surface area contributed by atoms with Crippen LogP contribution in [0.2, 0.25) is 0 Å². The molecule has 0 nitrogen and oxygen atoms in total. The summed E-state index contributed by atoms with van der Waals surface area (Å²) in [4.78, 5) is 0.